The van der Waals surface area contributed by atoms with Gasteiger partial charge in [-0.2, -0.15) is 0 Å². The maximum atomic E-state index is 5.96. The summed E-state index contributed by atoms with van der Waals surface area (Å²) in [4.78, 5) is 0. The first-order chi connectivity index (χ1) is 10.3. The van der Waals surface area contributed by atoms with E-state index in [9.17, 15) is 0 Å². The summed E-state index contributed by atoms with van der Waals surface area (Å²) in [5, 5.41) is 0. The SMILES string of the molecule is CC(COC(C)(C)CC1CO1)OCCC(C)(C)OCC1CO1. The van der Waals surface area contributed by atoms with E-state index in [4.69, 9.17) is 23.7 Å². The van der Waals surface area contributed by atoms with Crippen molar-refractivity contribution in [3.8, 4) is 0 Å². The van der Waals surface area contributed by atoms with Crippen LogP contribution in [0.1, 0.15) is 47.5 Å². The molecule has 2 fully saturated rings. The lowest BCUT2D eigenvalue weighted by Gasteiger charge is -2.28. The number of rotatable bonds is 12. The van der Waals surface area contributed by atoms with Crippen molar-refractivity contribution >= 4 is 0 Å². The van der Waals surface area contributed by atoms with Crippen LogP contribution in [0.25, 0.3) is 0 Å². The van der Waals surface area contributed by atoms with Crippen molar-refractivity contribution in [2.75, 3.05) is 33.0 Å². The van der Waals surface area contributed by atoms with Crippen LogP contribution in [0.2, 0.25) is 0 Å². The van der Waals surface area contributed by atoms with Gasteiger partial charge in [0.1, 0.15) is 6.10 Å². The fraction of sp³-hybridized carbons (Fsp3) is 1.00. The molecule has 0 bridgehead atoms. The summed E-state index contributed by atoms with van der Waals surface area (Å²) in [6, 6.07) is 0. The molecular formula is C17H32O5. The van der Waals surface area contributed by atoms with Gasteiger partial charge >= 0.3 is 0 Å². The lowest BCUT2D eigenvalue weighted by molar-refractivity contribution is -0.0938. The van der Waals surface area contributed by atoms with Crippen molar-refractivity contribution in [1.82, 2.24) is 0 Å². The second kappa shape index (κ2) is 7.58. The zero-order chi connectivity index (χ0) is 16.2. The van der Waals surface area contributed by atoms with Crippen LogP contribution in [0.4, 0.5) is 0 Å². The van der Waals surface area contributed by atoms with E-state index < -0.39 is 0 Å². The Labute approximate surface area is 134 Å². The van der Waals surface area contributed by atoms with Crippen molar-refractivity contribution < 1.29 is 23.7 Å². The Morgan fingerprint density at radius 3 is 2.23 bits per heavy atom. The molecular weight excluding hydrogens is 284 g/mol. The number of epoxide rings is 2. The molecule has 0 radical (unpaired) electrons. The quantitative estimate of drug-likeness (QED) is 0.518. The van der Waals surface area contributed by atoms with Crippen LogP contribution in [-0.2, 0) is 23.7 Å². The molecule has 2 aliphatic heterocycles. The lowest BCUT2D eigenvalue weighted by Crippen LogP contribution is -2.32. The van der Waals surface area contributed by atoms with Gasteiger partial charge in [0.25, 0.3) is 0 Å². The number of hydrogen-bond acceptors (Lipinski definition) is 5. The smallest absolute Gasteiger partial charge is 0.104 e. The zero-order valence-corrected chi connectivity index (χ0v) is 14.7. The fourth-order valence-corrected chi connectivity index (χ4v) is 2.25. The maximum absolute atomic E-state index is 5.96. The first-order valence-electron chi connectivity index (χ1n) is 8.38. The highest BCUT2D eigenvalue weighted by atomic mass is 16.6. The number of hydrogen-bond donors (Lipinski definition) is 0. The minimum atomic E-state index is -0.172. The average molecular weight is 316 g/mol. The largest absolute Gasteiger partial charge is 0.376 e. The van der Waals surface area contributed by atoms with E-state index in [-0.39, 0.29) is 17.3 Å². The maximum Gasteiger partial charge on any atom is 0.104 e. The topological polar surface area (TPSA) is 52.8 Å². The molecule has 2 heterocycles. The van der Waals surface area contributed by atoms with Gasteiger partial charge in [-0.15, -0.1) is 0 Å². The molecule has 0 aliphatic carbocycles. The monoisotopic (exact) mass is 316 g/mol. The van der Waals surface area contributed by atoms with Gasteiger partial charge in [-0.1, -0.05) is 0 Å². The van der Waals surface area contributed by atoms with Crippen molar-refractivity contribution in [3.63, 3.8) is 0 Å². The highest BCUT2D eigenvalue weighted by molar-refractivity contribution is 4.81. The molecule has 2 rings (SSSR count). The molecule has 0 N–H and O–H groups in total. The van der Waals surface area contributed by atoms with Crippen LogP contribution in [0.5, 0.6) is 0 Å². The van der Waals surface area contributed by atoms with E-state index in [0.29, 0.717) is 32.0 Å². The molecule has 0 saturated carbocycles. The van der Waals surface area contributed by atoms with Crippen LogP contribution in [0.3, 0.4) is 0 Å². The van der Waals surface area contributed by atoms with Crippen LogP contribution >= 0.6 is 0 Å². The average Bonchev–Trinajstić information content (AvgIpc) is 3.28. The summed E-state index contributed by atoms with van der Waals surface area (Å²) in [6.45, 7) is 14.1. The van der Waals surface area contributed by atoms with E-state index in [1.165, 1.54) is 0 Å². The molecule has 130 valence electrons. The molecule has 0 aromatic carbocycles. The molecule has 0 aromatic heterocycles. The van der Waals surface area contributed by atoms with E-state index >= 15 is 0 Å². The Morgan fingerprint density at radius 2 is 1.64 bits per heavy atom. The Morgan fingerprint density at radius 1 is 1.00 bits per heavy atom. The van der Waals surface area contributed by atoms with Crippen LogP contribution in [0, 0.1) is 0 Å². The first-order valence-corrected chi connectivity index (χ1v) is 8.38. The van der Waals surface area contributed by atoms with E-state index in [2.05, 4.69) is 34.6 Å². The molecule has 0 aromatic rings. The summed E-state index contributed by atoms with van der Waals surface area (Å²) in [5.41, 5.74) is -0.319. The van der Waals surface area contributed by atoms with Gasteiger partial charge in [0, 0.05) is 13.0 Å². The predicted molar refractivity (Wildman–Crippen MR) is 84.2 cm³/mol. The highest BCUT2D eigenvalue weighted by Crippen LogP contribution is 2.25. The third-order valence-electron chi connectivity index (χ3n) is 4.00. The molecule has 3 atom stereocenters. The van der Waals surface area contributed by atoms with Crippen molar-refractivity contribution in [3.05, 3.63) is 0 Å². The molecule has 2 aliphatic rings. The van der Waals surface area contributed by atoms with Crippen LogP contribution < -0.4 is 0 Å². The Kier molecular flexibility index (Phi) is 6.25. The van der Waals surface area contributed by atoms with Gasteiger partial charge in [0.05, 0.1) is 49.8 Å². The predicted octanol–water partition coefficient (Wildman–Crippen LogP) is 2.56. The summed E-state index contributed by atoms with van der Waals surface area (Å²) in [5.74, 6) is 0. The van der Waals surface area contributed by atoms with Gasteiger partial charge < -0.3 is 23.7 Å². The number of ether oxygens (including phenoxy) is 5. The van der Waals surface area contributed by atoms with Crippen LogP contribution in [-0.4, -0.2) is 62.5 Å². The van der Waals surface area contributed by atoms with E-state index in [1.807, 2.05) is 0 Å². The highest BCUT2D eigenvalue weighted by Gasteiger charge is 2.32. The van der Waals surface area contributed by atoms with E-state index in [0.717, 1.165) is 26.1 Å². The lowest BCUT2D eigenvalue weighted by atomic mass is 10.0. The second-order valence-corrected chi connectivity index (χ2v) is 7.69. The molecule has 0 spiro atoms. The molecule has 5 heteroatoms. The molecule has 0 amide bonds. The van der Waals surface area contributed by atoms with Gasteiger partial charge in [-0.3, -0.25) is 0 Å². The zero-order valence-electron chi connectivity index (χ0n) is 14.7. The summed E-state index contributed by atoms with van der Waals surface area (Å²) >= 11 is 0. The summed E-state index contributed by atoms with van der Waals surface area (Å²) in [6.07, 6.45) is 2.60. The molecule has 22 heavy (non-hydrogen) atoms. The molecule has 2 saturated heterocycles. The molecule has 3 unspecified atom stereocenters. The fourth-order valence-electron chi connectivity index (χ4n) is 2.25. The summed E-state index contributed by atoms with van der Waals surface area (Å²) in [7, 11) is 0. The van der Waals surface area contributed by atoms with Gasteiger partial charge in [-0.05, 0) is 41.0 Å². The van der Waals surface area contributed by atoms with Gasteiger partial charge in [0.15, 0.2) is 0 Å². The minimum absolute atomic E-state index is 0.0851. The summed E-state index contributed by atoms with van der Waals surface area (Å²) < 4.78 is 28.1. The minimum Gasteiger partial charge on any atom is -0.376 e. The second-order valence-electron chi connectivity index (χ2n) is 7.69. The normalized spacial score (nSPS) is 26.0. The standard InChI is InChI=1S/C17H32O5/c1-13(9-21-17(4,5)8-14-10-19-14)18-7-6-16(2,3)22-12-15-11-20-15/h13-15H,6-12H2,1-5H3. The van der Waals surface area contributed by atoms with Gasteiger partial charge in [0.2, 0.25) is 0 Å². The van der Waals surface area contributed by atoms with Gasteiger partial charge in [-0.25, -0.2) is 0 Å². The van der Waals surface area contributed by atoms with Crippen molar-refractivity contribution in [2.24, 2.45) is 0 Å². The third kappa shape index (κ3) is 7.88. The third-order valence-corrected chi connectivity index (χ3v) is 4.00. The first kappa shape index (κ1) is 18.1. The Hall–Kier alpha value is -0.200. The Bertz CT molecular complexity index is 334. The van der Waals surface area contributed by atoms with E-state index in [1.54, 1.807) is 0 Å². The van der Waals surface area contributed by atoms with Crippen molar-refractivity contribution in [1.29, 1.82) is 0 Å². The van der Waals surface area contributed by atoms with Crippen LogP contribution in [0.15, 0.2) is 0 Å². The Balaban J connectivity index is 1.53. The molecule has 5 nitrogen and oxygen atoms in total. The van der Waals surface area contributed by atoms with Crippen molar-refractivity contribution in [2.45, 2.75) is 77.0 Å².